The number of nitrogens with zero attached hydrogens (tertiary/aromatic N) is 1. The van der Waals surface area contributed by atoms with Crippen LogP contribution in [0.3, 0.4) is 0 Å². The van der Waals surface area contributed by atoms with Gasteiger partial charge < -0.3 is 15.3 Å². The molecule has 0 atom stereocenters. The minimum atomic E-state index is -0.852. The standard InChI is InChI=1S/C13H22N2O3/c1-13(2,9-3-4-9)14-12(18)15(10-5-6-10)8-7-11(16)17/h9-10H,3-8H2,1-2H3,(H,14,18)(H,16,17). The van der Waals surface area contributed by atoms with E-state index in [0.717, 1.165) is 12.8 Å². The van der Waals surface area contributed by atoms with E-state index in [1.54, 1.807) is 4.90 Å². The van der Waals surface area contributed by atoms with E-state index in [-0.39, 0.29) is 24.0 Å². The Labute approximate surface area is 108 Å². The Morgan fingerprint density at radius 3 is 2.33 bits per heavy atom. The summed E-state index contributed by atoms with van der Waals surface area (Å²) in [6.45, 7) is 4.41. The van der Waals surface area contributed by atoms with Gasteiger partial charge in [0.1, 0.15) is 0 Å². The molecule has 0 aromatic carbocycles. The lowest BCUT2D eigenvalue weighted by molar-refractivity contribution is -0.137. The third kappa shape index (κ3) is 3.37. The van der Waals surface area contributed by atoms with Gasteiger partial charge in [-0.25, -0.2) is 4.79 Å². The maximum absolute atomic E-state index is 12.2. The summed E-state index contributed by atoms with van der Waals surface area (Å²) < 4.78 is 0. The fraction of sp³-hybridized carbons (Fsp3) is 0.846. The first kappa shape index (κ1) is 13.2. The quantitative estimate of drug-likeness (QED) is 0.759. The van der Waals surface area contributed by atoms with E-state index >= 15 is 0 Å². The Hall–Kier alpha value is -1.26. The van der Waals surface area contributed by atoms with Crippen LogP contribution >= 0.6 is 0 Å². The molecule has 0 spiro atoms. The highest BCUT2D eigenvalue weighted by Crippen LogP contribution is 2.39. The van der Waals surface area contributed by atoms with Gasteiger partial charge in [-0.15, -0.1) is 0 Å². The zero-order valence-corrected chi connectivity index (χ0v) is 11.1. The molecule has 102 valence electrons. The Kier molecular flexibility index (Phi) is 3.50. The summed E-state index contributed by atoms with van der Waals surface area (Å²) in [5, 5.41) is 11.8. The highest BCUT2D eigenvalue weighted by atomic mass is 16.4. The second-order valence-electron chi connectivity index (χ2n) is 5.99. The first-order valence-electron chi connectivity index (χ1n) is 6.71. The molecule has 0 aromatic heterocycles. The zero-order chi connectivity index (χ0) is 13.3. The summed E-state index contributed by atoms with van der Waals surface area (Å²) in [4.78, 5) is 24.5. The fourth-order valence-electron chi connectivity index (χ4n) is 2.31. The van der Waals surface area contributed by atoms with Crippen molar-refractivity contribution in [1.82, 2.24) is 10.2 Å². The molecule has 2 aliphatic rings. The third-order valence-electron chi connectivity index (χ3n) is 3.84. The number of carbonyl (C=O) groups excluding carboxylic acids is 1. The molecular formula is C13H22N2O3. The molecule has 5 nitrogen and oxygen atoms in total. The average molecular weight is 254 g/mol. The molecule has 0 unspecified atom stereocenters. The molecule has 0 heterocycles. The second-order valence-corrected chi connectivity index (χ2v) is 5.99. The lowest BCUT2D eigenvalue weighted by Crippen LogP contribution is -2.52. The molecule has 5 heteroatoms. The monoisotopic (exact) mass is 254 g/mol. The third-order valence-corrected chi connectivity index (χ3v) is 3.84. The van der Waals surface area contributed by atoms with E-state index < -0.39 is 5.97 Å². The van der Waals surface area contributed by atoms with Crippen LogP contribution in [0.4, 0.5) is 4.79 Å². The normalized spacial score (nSPS) is 19.4. The van der Waals surface area contributed by atoms with Crippen LogP contribution in [0.1, 0.15) is 46.0 Å². The van der Waals surface area contributed by atoms with Gasteiger partial charge in [0.05, 0.1) is 6.42 Å². The fourth-order valence-corrected chi connectivity index (χ4v) is 2.31. The number of aliphatic carboxylic acids is 1. The van der Waals surface area contributed by atoms with E-state index in [9.17, 15) is 9.59 Å². The van der Waals surface area contributed by atoms with Gasteiger partial charge in [0, 0.05) is 18.1 Å². The van der Waals surface area contributed by atoms with Gasteiger partial charge in [-0.3, -0.25) is 4.79 Å². The number of carboxylic acid groups (broad SMARTS) is 1. The molecule has 0 aliphatic heterocycles. The van der Waals surface area contributed by atoms with E-state index in [1.807, 2.05) is 13.8 Å². The maximum Gasteiger partial charge on any atom is 0.318 e. The lowest BCUT2D eigenvalue weighted by atomic mass is 9.99. The van der Waals surface area contributed by atoms with Crippen LogP contribution in [0.15, 0.2) is 0 Å². The van der Waals surface area contributed by atoms with Gasteiger partial charge in [0.25, 0.3) is 0 Å². The number of nitrogens with one attached hydrogen (secondary N) is 1. The van der Waals surface area contributed by atoms with Crippen LogP contribution < -0.4 is 5.32 Å². The van der Waals surface area contributed by atoms with Crippen molar-refractivity contribution in [3.05, 3.63) is 0 Å². The lowest BCUT2D eigenvalue weighted by Gasteiger charge is -2.31. The summed E-state index contributed by atoms with van der Waals surface area (Å²) in [5.41, 5.74) is -0.173. The van der Waals surface area contributed by atoms with E-state index in [2.05, 4.69) is 5.32 Å². The highest BCUT2D eigenvalue weighted by Gasteiger charge is 2.41. The molecule has 0 bridgehead atoms. The molecule has 0 radical (unpaired) electrons. The van der Waals surface area contributed by atoms with Crippen molar-refractivity contribution in [2.45, 2.75) is 57.5 Å². The van der Waals surface area contributed by atoms with Crippen molar-refractivity contribution in [2.75, 3.05) is 6.54 Å². The topological polar surface area (TPSA) is 69.6 Å². The van der Waals surface area contributed by atoms with Crippen LogP contribution in [-0.4, -0.2) is 40.1 Å². The van der Waals surface area contributed by atoms with Gasteiger partial charge >= 0.3 is 12.0 Å². The van der Waals surface area contributed by atoms with Crippen LogP contribution in [-0.2, 0) is 4.79 Å². The summed E-state index contributed by atoms with van der Waals surface area (Å²) in [7, 11) is 0. The maximum atomic E-state index is 12.2. The van der Waals surface area contributed by atoms with Crippen molar-refractivity contribution in [3.8, 4) is 0 Å². The molecule has 2 rings (SSSR count). The van der Waals surface area contributed by atoms with Crippen LogP contribution in [0.5, 0.6) is 0 Å². The Bertz CT molecular complexity index is 346. The Morgan fingerprint density at radius 2 is 1.89 bits per heavy atom. The van der Waals surface area contributed by atoms with Crippen molar-refractivity contribution in [3.63, 3.8) is 0 Å². The molecule has 2 fully saturated rings. The first-order valence-corrected chi connectivity index (χ1v) is 6.71. The summed E-state index contributed by atoms with van der Waals surface area (Å²) in [5.74, 6) is -0.281. The second kappa shape index (κ2) is 4.78. The summed E-state index contributed by atoms with van der Waals surface area (Å²) in [6, 6.07) is 0.148. The SMILES string of the molecule is CC(C)(NC(=O)N(CCC(=O)O)C1CC1)C1CC1. The van der Waals surface area contributed by atoms with Gasteiger partial charge in [-0.1, -0.05) is 0 Å². The molecule has 0 aromatic rings. The van der Waals surface area contributed by atoms with E-state index in [1.165, 1.54) is 12.8 Å². The molecule has 2 N–H and O–H groups in total. The molecule has 2 saturated carbocycles. The number of rotatable bonds is 6. The van der Waals surface area contributed by atoms with Crippen LogP contribution in [0.2, 0.25) is 0 Å². The minimum absolute atomic E-state index is 0.0216. The van der Waals surface area contributed by atoms with Gasteiger partial charge in [0.2, 0.25) is 0 Å². The molecule has 18 heavy (non-hydrogen) atoms. The molecule has 2 aliphatic carbocycles. The number of urea groups is 1. The number of hydrogen-bond acceptors (Lipinski definition) is 2. The predicted octanol–water partition coefficient (Wildman–Crippen LogP) is 1.82. The summed E-state index contributed by atoms with van der Waals surface area (Å²) >= 11 is 0. The van der Waals surface area contributed by atoms with Crippen molar-refractivity contribution in [2.24, 2.45) is 5.92 Å². The van der Waals surface area contributed by atoms with Crippen molar-refractivity contribution >= 4 is 12.0 Å². The number of hydrogen-bond donors (Lipinski definition) is 2. The Balaban J connectivity index is 1.88. The van der Waals surface area contributed by atoms with Crippen molar-refractivity contribution in [1.29, 1.82) is 0 Å². The Morgan fingerprint density at radius 1 is 1.28 bits per heavy atom. The van der Waals surface area contributed by atoms with Crippen molar-refractivity contribution < 1.29 is 14.7 Å². The zero-order valence-electron chi connectivity index (χ0n) is 11.1. The first-order chi connectivity index (χ1) is 8.40. The van der Waals surface area contributed by atoms with Crippen LogP contribution in [0.25, 0.3) is 0 Å². The van der Waals surface area contributed by atoms with E-state index in [4.69, 9.17) is 5.11 Å². The van der Waals surface area contributed by atoms with E-state index in [0.29, 0.717) is 12.5 Å². The largest absolute Gasteiger partial charge is 0.481 e. The average Bonchev–Trinajstić information content (AvgIpc) is 3.11. The van der Waals surface area contributed by atoms with Gasteiger partial charge in [-0.05, 0) is 45.4 Å². The van der Waals surface area contributed by atoms with Crippen LogP contribution in [0, 0.1) is 5.92 Å². The summed E-state index contributed by atoms with van der Waals surface area (Å²) in [6.07, 6.45) is 4.36. The minimum Gasteiger partial charge on any atom is -0.481 e. The number of amides is 2. The smallest absolute Gasteiger partial charge is 0.318 e. The molecule has 2 amide bonds. The highest BCUT2D eigenvalue weighted by molar-refractivity contribution is 5.76. The molecular weight excluding hydrogens is 232 g/mol. The van der Waals surface area contributed by atoms with Gasteiger partial charge in [0.15, 0.2) is 0 Å². The number of carbonyl (C=O) groups is 2. The predicted molar refractivity (Wildman–Crippen MR) is 67.3 cm³/mol. The number of carboxylic acids is 1. The molecule has 0 saturated heterocycles. The van der Waals surface area contributed by atoms with Gasteiger partial charge in [-0.2, -0.15) is 0 Å².